The van der Waals surface area contributed by atoms with E-state index in [0.29, 0.717) is 0 Å². The number of thiophene rings is 1. The molecular formula is C15H16ClNOS. The fourth-order valence-corrected chi connectivity index (χ4v) is 2.80. The van der Waals surface area contributed by atoms with Gasteiger partial charge in [-0.1, -0.05) is 37.3 Å². The van der Waals surface area contributed by atoms with Crippen LogP contribution in [-0.2, 0) is 11.2 Å². The Kier molecular flexibility index (Phi) is 5.00. The third-order valence-corrected chi connectivity index (χ3v) is 4.16. The number of alkyl halides is 1. The second-order valence-electron chi connectivity index (χ2n) is 4.24. The van der Waals surface area contributed by atoms with Gasteiger partial charge in [0.05, 0.1) is 6.04 Å². The lowest BCUT2D eigenvalue weighted by Crippen LogP contribution is -2.29. The van der Waals surface area contributed by atoms with Gasteiger partial charge >= 0.3 is 0 Å². The summed E-state index contributed by atoms with van der Waals surface area (Å²) in [4.78, 5) is 12.7. The van der Waals surface area contributed by atoms with Crippen molar-refractivity contribution in [2.45, 2.75) is 19.4 Å². The number of nitrogens with one attached hydrogen (secondary N) is 1. The number of benzene rings is 1. The van der Waals surface area contributed by atoms with Crippen molar-refractivity contribution in [2.24, 2.45) is 0 Å². The van der Waals surface area contributed by atoms with E-state index in [4.69, 9.17) is 11.6 Å². The summed E-state index contributed by atoms with van der Waals surface area (Å²) < 4.78 is 0. The van der Waals surface area contributed by atoms with Crippen molar-refractivity contribution in [1.82, 2.24) is 5.32 Å². The number of rotatable bonds is 5. The van der Waals surface area contributed by atoms with Gasteiger partial charge in [0.1, 0.15) is 5.88 Å². The molecule has 0 aliphatic heterocycles. The third kappa shape index (κ3) is 3.58. The van der Waals surface area contributed by atoms with E-state index in [1.165, 1.54) is 5.56 Å². The van der Waals surface area contributed by atoms with Crippen molar-refractivity contribution in [1.29, 1.82) is 0 Å². The van der Waals surface area contributed by atoms with Crippen LogP contribution in [0.3, 0.4) is 0 Å². The number of halogens is 1. The van der Waals surface area contributed by atoms with Gasteiger partial charge in [-0.25, -0.2) is 0 Å². The van der Waals surface area contributed by atoms with Gasteiger partial charge in [0, 0.05) is 4.88 Å². The zero-order chi connectivity index (χ0) is 13.7. The average Bonchev–Trinajstić information content (AvgIpc) is 2.98. The first-order valence-electron chi connectivity index (χ1n) is 6.22. The van der Waals surface area contributed by atoms with E-state index in [9.17, 15) is 4.79 Å². The number of carbonyl (C=O) groups is 1. The zero-order valence-corrected chi connectivity index (χ0v) is 12.3. The Morgan fingerprint density at radius 2 is 2.05 bits per heavy atom. The van der Waals surface area contributed by atoms with Crippen molar-refractivity contribution >= 4 is 28.8 Å². The van der Waals surface area contributed by atoms with Gasteiger partial charge in [0.25, 0.3) is 0 Å². The molecule has 1 amide bonds. The Hall–Kier alpha value is -1.32. The maximum Gasteiger partial charge on any atom is 0.235 e. The second kappa shape index (κ2) is 6.73. The number of hydrogen-bond acceptors (Lipinski definition) is 2. The van der Waals surface area contributed by atoms with Crippen LogP contribution in [0.1, 0.15) is 29.0 Å². The molecule has 19 heavy (non-hydrogen) atoms. The minimum Gasteiger partial charge on any atom is -0.343 e. The highest BCUT2D eigenvalue weighted by Crippen LogP contribution is 2.26. The summed E-state index contributed by atoms with van der Waals surface area (Å²) in [6.45, 7) is 2.13. The average molecular weight is 294 g/mol. The van der Waals surface area contributed by atoms with E-state index >= 15 is 0 Å². The van der Waals surface area contributed by atoms with Gasteiger partial charge in [0.15, 0.2) is 0 Å². The number of amides is 1. The van der Waals surface area contributed by atoms with Gasteiger partial charge < -0.3 is 5.32 Å². The highest BCUT2D eigenvalue weighted by Gasteiger charge is 2.17. The van der Waals surface area contributed by atoms with Crippen LogP contribution in [0.5, 0.6) is 0 Å². The smallest absolute Gasteiger partial charge is 0.235 e. The summed E-state index contributed by atoms with van der Waals surface area (Å²) in [5.74, 6) is -0.172. The molecule has 0 aliphatic rings. The van der Waals surface area contributed by atoms with Gasteiger partial charge in [-0.3, -0.25) is 4.79 Å². The summed E-state index contributed by atoms with van der Waals surface area (Å²) in [7, 11) is 0. The molecule has 1 aromatic carbocycles. The van der Waals surface area contributed by atoms with E-state index in [-0.39, 0.29) is 17.8 Å². The monoisotopic (exact) mass is 293 g/mol. The maximum atomic E-state index is 11.6. The number of aryl methyl sites for hydroxylation is 1. The van der Waals surface area contributed by atoms with Crippen LogP contribution in [0.15, 0.2) is 41.8 Å². The largest absolute Gasteiger partial charge is 0.343 e. The van der Waals surface area contributed by atoms with Crippen molar-refractivity contribution < 1.29 is 4.79 Å². The van der Waals surface area contributed by atoms with Gasteiger partial charge in [-0.05, 0) is 29.0 Å². The van der Waals surface area contributed by atoms with E-state index in [2.05, 4.69) is 36.5 Å². The van der Waals surface area contributed by atoms with Crippen LogP contribution in [-0.4, -0.2) is 11.8 Å². The SMILES string of the molecule is CCc1ccc([C@H](NC(=O)CCl)c2cccs2)cc1. The predicted octanol–water partition coefficient (Wildman–Crippen LogP) is 3.75. The van der Waals surface area contributed by atoms with Crippen LogP contribution >= 0.6 is 22.9 Å². The number of hydrogen-bond donors (Lipinski definition) is 1. The van der Waals surface area contributed by atoms with Gasteiger partial charge in [0.2, 0.25) is 5.91 Å². The lowest BCUT2D eigenvalue weighted by Gasteiger charge is -2.17. The fourth-order valence-electron chi connectivity index (χ4n) is 1.92. The molecule has 0 spiro atoms. The molecule has 1 heterocycles. The predicted molar refractivity (Wildman–Crippen MR) is 80.8 cm³/mol. The Labute approximate surface area is 122 Å². The summed E-state index contributed by atoms with van der Waals surface area (Å²) in [5, 5.41) is 4.97. The minimum absolute atomic E-state index is 0.0189. The van der Waals surface area contributed by atoms with Crippen molar-refractivity contribution in [3.8, 4) is 0 Å². The quantitative estimate of drug-likeness (QED) is 0.836. The van der Waals surface area contributed by atoms with E-state index in [1.807, 2.05) is 17.5 Å². The lowest BCUT2D eigenvalue weighted by atomic mass is 10.0. The summed E-state index contributed by atoms with van der Waals surface area (Å²) in [5.41, 5.74) is 2.37. The molecule has 2 aromatic rings. The maximum absolute atomic E-state index is 11.6. The Bertz CT molecular complexity index is 522. The standard InChI is InChI=1S/C15H16ClNOS/c1-2-11-5-7-12(8-6-11)15(17-14(18)10-16)13-4-3-9-19-13/h3-9,15H,2,10H2,1H3,(H,17,18)/t15-/m0/s1. The summed E-state index contributed by atoms with van der Waals surface area (Å²) in [6, 6.07) is 12.2. The normalized spacial score (nSPS) is 12.1. The molecule has 1 N–H and O–H groups in total. The molecule has 2 rings (SSSR count). The molecule has 0 unspecified atom stereocenters. The van der Waals surface area contributed by atoms with Crippen molar-refractivity contribution in [3.63, 3.8) is 0 Å². The molecule has 0 aliphatic carbocycles. The van der Waals surface area contributed by atoms with Crippen molar-refractivity contribution in [3.05, 3.63) is 57.8 Å². The Balaban J connectivity index is 2.28. The molecule has 0 radical (unpaired) electrons. The molecule has 0 bridgehead atoms. The third-order valence-electron chi connectivity index (χ3n) is 2.98. The topological polar surface area (TPSA) is 29.1 Å². The number of carbonyl (C=O) groups excluding carboxylic acids is 1. The van der Waals surface area contributed by atoms with Gasteiger partial charge in [-0.2, -0.15) is 0 Å². The van der Waals surface area contributed by atoms with E-state index in [1.54, 1.807) is 11.3 Å². The summed E-state index contributed by atoms with van der Waals surface area (Å²) >= 11 is 7.21. The Morgan fingerprint density at radius 3 is 2.58 bits per heavy atom. The van der Waals surface area contributed by atoms with Crippen molar-refractivity contribution in [2.75, 3.05) is 5.88 Å². The molecule has 1 aromatic heterocycles. The first-order valence-corrected chi connectivity index (χ1v) is 7.63. The molecule has 1 atom stereocenters. The van der Waals surface area contributed by atoms with E-state index < -0.39 is 0 Å². The molecular weight excluding hydrogens is 278 g/mol. The molecule has 4 heteroatoms. The van der Waals surface area contributed by atoms with Crippen LogP contribution in [0, 0.1) is 0 Å². The van der Waals surface area contributed by atoms with Crippen LogP contribution in [0.2, 0.25) is 0 Å². The minimum atomic E-state index is -0.153. The van der Waals surface area contributed by atoms with E-state index in [0.717, 1.165) is 16.9 Å². The van der Waals surface area contributed by atoms with Gasteiger partial charge in [-0.15, -0.1) is 22.9 Å². The Morgan fingerprint density at radius 1 is 1.32 bits per heavy atom. The highest BCUT2D eigenvalue weighted by atomic mass is 35.5. The van der Waals surface area contributed by atoms with Crippen LogP contribution < -0.4 is 5.32 Å². The molecule has 0 saturated heterocycles. The van der Waals surface area contributed by atoms with Crippen LogP contribution in [0.25, 0.3) is 0 Å². The fraction of sp³-hybridized carbons (Fsp3) is 0.267. The molecule has 100 valence electrons. The van der Waals surface area contributed by atoms with Crippen LogP contribution in [0.4, 0.5) is 0 Å². The molecule has 0 saturated carbocycles. The zero-order valence-electron chi connectivity index (χ0n) is 10.7. The molecule has 2 nitrogen and oxygen atoms in total. The highest BCUT2D eigenvalue weighted by molar-refractivity contribution is 7.10. The second-order valence-corrected chi connectivity index (χ2v) is 5.49. The lowest BCUT2D eigenvalue weighted by molar-refractivity contribution is -0.119. The molecule has 0 fully saturated rings. The summed E-state index contributed by atoms with van der Waals surface area (Å²) in [6.07, 6.45) is 1.01. The first-order chi connectivity index (χ1) is 9.24. The first kappa shape index (κ1) is 14.1.